The van der Waals surface area contributed by atoms with Gasteiger partial charge in [-0.15, -0.1) is 0 Å². The summed E-state index contributed by atoms with van der Waals surface area (Å²) in [5.41, 5.74) is 6.33. The van der Waals surface area contributed by atoms with E-state index < -0.39 is 0 Å². The first-order chi connectivity index (χ1) is 7.83. The Morgan fingerprint density at radius 3 is 2.50 bits per heavy atom. The van der Waals surface area contributed by atoms with Gasteiger partial charge in [-0.25, -0.2) is 0 Å². The van der Waals surface area contributed by atoms with Gasteiger partial charge in [0.2, 0.25) is 0 Å². The van der Waals surface area contributed by atoms with Gasteiger partial charge in [-0.05, 0) is 48.6 Å². The molecule has 0 aromatic heterocycles. The van der Waals surface area contributed by atoms with E-state index in [4.69, 9.17) is 15.6 Å². The Morgan fingerprint density at radius 1 is 1.12 bits per heavy atom. The maximum absolute atomic E-state index is 8.59. The van der Waals surface area contributed by atoms with Crippen LogP contribution in [0.15, 0.2) is 24.3 Å². The molecule has 0 unspecified atom stereocenters. The lowest BCUT2D eigenvalue weighted by atomic mass is 10.3. The zero-order chi connectivity index (χ0) is 11.6. The van der Waals surface area contributed by atoms with Crippen LogP contribution < -0.4 is 10.5 Å². The number of nitrogens with two attached hydrogens (primary N) is 1. The first kappa shape index (κ1) is 13.2. The molecule has 0 saturated heterocycles. The Balaban J connectivity index is 2.01. The molecule has 0 saturated carbocycles. The zero-order valence-corrected chi connectivity index (χ0v) is 10.2. The summed E-state index contributed by atoms with van der Waals surface area (Å²) in [7, 11) is 0. The number of anilines is 1. The first-order valence-corrected chi connectivity index (χ1v) is 6.65. The summed E-state index contributed by atoms with van der Waals surface area (Å²) in [6.45, 7) is 1.02. The summed E-state index contributed by atoms with van der Waals surface area (Å²) >= 11 is 1.86. The Labute approximate surface area is 101 Å². The molecule has 1 rings (SSSR count). The van der Waals surface area contributed by atoms with Crippen LogP contribution in [0.5, 0.6) is 5.75 Å². The van der Waals surface area contributed by atoms with Crippen LogP contribution >= 0.6 is 11.8 Å². The minimum absolute atomic E-state index is 0.287. The molecule has 0 aliphatic rings. The van der Waals surface area contributed by atoms with Crippen LogP contribution in [0.2, 0.25) is 0 Å². The number of thioether (sulfide) groups is 1. The number of rotatable bonds is 8. The molecule has 3 N–H and O–H groups in total. The molecule has 0 atom stereocenters. The van der Waals surface area contributed by atoms with E-state index in [9.17, 15) is 0 Å². The lowest BCUT2D eigenvalue weighted by molar-refractivity contribution is 0.296. The second kappa shape index (κ2) is 8.30. The van der Waals surface area contributed by atoms with Crippen LogP contribution in [-0.2, 0) is 0 Å². The van der Waals surface area contributed by atoms with E-state index in [-0.39, 0.29) is 6.61 Å². The number of hydrogen-bond acceptors (Lipinski definition) is 4. The minimum Gasteiger partial charge on any atom is -0.494 e. The van der Waals surface area contributed by atoms with Gasteiger partial charge in [0.15, 0.2) is 0 Å². The van der Waals surface area contributed by atoms with E-state index in [2.05, 4.69) is 0 Å². The third-order valence-corrected chi connectivity index (χ3v) is 3.18. The maximum Gasteiger partial charge on any atom is 0.119 e. The molecule has 0 aliphatic heterocycles. The summed E-state index contributed by atoms with van der Waals surface area (Å²) in [5, 5.41) is 8.59. The number of nitrogen functional groups attached to an aromatic ring is 1. The number of aliphatic hydroxyl groups is 1. The van der Waals surface area contributed by atoms with Crippen molar-refractivity contribution in [1.29, 1.82) is 0 Å². The van der Waals surface area contributed by atoms with Crippen molar-refractivity contribution in [3.05, 3.63) is 24.3 Å². The highest BCUT2D eigenvalue weighted by Gasteiger charge is 1.94. The van der Waals surface area contributed by atoms with Gasteiger partial charge in [0, 0.05) is 12.3 Å². The standard InChI is InChI=1S/C12H19NO2S/c13-11-3-5-12(6-4-11)15-8-2-10-16-9-1-7-14/h3-6,14H,1-2,7-10,13H2. The Bertz CT molecular complexity index is 277. The van der Waals surface area contributed by atoms with Gasteiger partial charge in [-0.3, -0.25) is 0 Å². The van der Waals surface area contributed by atoms with E-state index in [0.29, 0.717) is 0 Å². The van der Waals surface area contributed by atoms with Crippen LogP contribution in [0.1, 0.15) is 12.8 Å². The maximum atomic E-state index is 8.59. The SMILES string of the molecule is Nc1ccc(OCCCSCCCO)cc1. The Hall–Kier alpha value is -0.870. The fraction of sp³-hybridized carbons (Fsp3) is 0.500. The quantitative estimate of drug-likeness (QED) is 0.541. The summed E-state index contributed by atoms with van der Waals surface area (Å²) in [5.74, 6) is 2.97. The predicted octanol–water partition coefficient (Wildman–Crippen LogP) is 2.15. The molecule has 1 aromatic rings. The number of ether oxygens (including phenoxy) is 1. The van der Waals surface area contributed by atoms with Crippen molar-refractivity contribution in [1.82, 2.24) is 0 Å². The topological polar surface area (TPSA) is 55.5 Å². The average molecular weight is 241 g/mol. The summed E-state index contributed by atoms with van der Waals surface area (Å²) in [6, 6.07) is 7.44. The van der Waals surface area contributed by atoms with Crippen LogP contribution in [0.4, 0.5) is 5.69 Å². The molecule has 4 heteroatoms. The average Bonchev–Trinajstić information content (AvgIpc) is 2.30. The molecule has 16 heavy (non-hydrogen) atoms. The summed E-state index contributed by atoms with van der Waals surface area (Å²) in [4.78, 5) is 0. The second-order valence-corrected chi connectivity index (χ2v) is 4.69. The van der Waals surface area contributed by atoms with E-state index in [1.807, 2.05) is 36.0 Å². The molecular formula is C12H19NO2S. The molecule has 3 nitrogen and oxygen atoms in total. The first-order valence-electron chi connectivity index (χ1n) is 5.50. The summed E-state index contributed by atoms with van der Waals surface area (Å²) in [6.07, 6.45) is 1.91. The van der Waals surface area contributed by atoms with Gasteiger partial charge < -0.3 is 15.6 Å². The van der Waals surface area contributed by atoms with Crippen LogP contribution in [-0.4, -0.2) is 29.8 Å². The third kappa shape index (κ3) is 5.88. The highest BCUT2D eigenvalue weighted by Crippen LogP contribution is 2.13. The molecular weight excluding hydrogens is 222 g/mol. The van der Waals surface area contributed by atoms with Gasteiger partial charge >= 0.3 is 0 Å². The van der Waals surface area contributed by atoms with Crippen LogP contribution in [0.25, 0.3) is 0 Å². The molecule has 0 fully saturated rings. The van der Waals surface area contributed by atoms with Gasteiger partial charge in [-0.1, -0.05) is 0 Å². The van der Waals surface area contributed by atoms with Gasteiger partial charge in [0.25, 0.3) is 0 Å². The molecule has 0 heterocycles. The van der Waals surface area contributed by atoms with Crippen molar-refractivity contribution < 1.29 is 9.84 Å². The highest BCUT2D eigenvalue weighted by molar-refractivity contribution is 7.99. The third-order valence-electron chi connectivity index (χ3n) is 2.03. The fourth-order valence-electron chi connectivity index (χ4n) is 1.18. The summed E-state index contributed by atoms with van der Waals surface area (Å²) < 4.78 is 5.55. The second-order valence-electron chi connectivity index (χ2n) is 3.46. The van der Waals surface area contributed by atoms with Gasteiger partial charge in [0.05, 0.1) is 6.61 Å². The van der Waals surface area contributed by atoms with E-state index in [1.54, 1.807) is 0 Å². The monoisotopic (exact) mass is 241 g/mol. The Morgan fingerprint density at radius 2 is 1.81 bits per heavy atom. The zero-order valence-electron chi connectivity index (χ0n) is 9.39. The molecule has 0 amide bonds. The predicted molar refractivity (Wildman–Crippen MR) is 70.0 cm³/mol. The smallest absolute Gasteiger partial charge is 0.119 e. The largest absolute Gasteiger partial charge is 0.494 e. The van der Waals surface area contributed by atoms with Crippen molar-refractivity contribution in [2.45, 2.75) is 12.8 Å². The van der Waals surface area contributed by atoms with Crippen LogP contribution in [0, 0.1) is 0 Å². The number of benzene rings is 1. The van der Waals surface area contributed by atoms with Crippen molar-refractivity contribution in [2.75, 3.05) is 30.5 Å². The van der Waals surface area contributed by atoms with Gasteiger partial charge in [-0.2, -0.15) is 11.8 Å². The van der Waals surface area contributed by atoms with E-state index in [1.165, 1.54) is 0 Å². The number of hydrogen-bond donors (Lipinski definition) is 2. The normalized spacial score (nSPS) is 10.3. The van der Waals surface area contributed by atoms with Crippen LogP contribution in [0.3, 0.4) is 0 Å². The van der Waals surface area contributed by atoms with E-state index in [0.717, 1.165) is 42.4 Å². The van der Waals surface area contributed by atoms with Gasteiger partial charge in [0.1, 0.15) is 5.75 Å². The molecule has 0 aliphatic carbocycles. The van der Waals surface area contributed by atoms with Crippen molar-refractivity contribution in [3.63, 3.8) is 0 Å². The van der Waals surface area contributed by atoms with E-state index >= 15 is 0 Å². The van der Waals surface area contributed by atoms with Crippen molar-refractivity contribution in [2.24, 2.45) is 0 Å². The molecule has 0 spiro atoms. The van der Waals surface area contributed by atoms with Crippen molar-refractivity contribution in [3.8, 4) is 5.75 Å². The molecule has 0 bridgehead atoms. The molecule has 90 valence electrons. The van der Waals surface area contributed by atoms with Crippen molar-refractivity contribution >= 4 is 17.4 Å². The molecule has 1 aromatic carbocycles. The lowest BCUT2D eigenvalue weighted by Crippen LogP contribution is -1.99. The number of aliphatic hydroxyl groups excluding tert-OH is 1. The lowest BCUT2D eigenvalue weighted by Gasteiger charge is -2.06. The Kier molecular flexibility index (Phi) is 6.85. The fourth-order valence-corrected chi connectivity index (χ4v) is 2.04. The molecule has 0 radical (unpaired) electrons. The highest BCUT2D eigenvalue weighted by atomic mass is 32.2. The minimum atomic E-state index is 0.287.